The van der Waals surface area contributed by atoms with Crippen LogP contribution < -0.4 is 10.6 Å². The van der Waals surface area contributed by atoms with Gasteiger partial charge in [-0.15, -0.1) is 0 Å². The van der Waals surface area contributed by atoms with E-state index < -0.39 is 5.79 Å². The number of carbonyl (C=O) groups is 1. The highest BCUT2D eigenvalue weighted by Crippen LogP contribution is 2.19. The third kappa shape index (κ3) is 4.21. The highest BCUT2D eigenvalue weighted by Gasteiger charge is 2.28. The Labute approximate surface area is 119 Å². The Morgan fingerprint density at radius 2 is 1.85 bits per heavy atom. The maximum absolute atomic E-state index is 11.3. The summed E-state index contributed by atoms with van der Waals surface area (Å²) in [6, 6.07) is 7.99. The number of nitrogens with one attached hydrogen (secondary N) is 2. The lowest BCUT2D eigenvalue weighted by Crippen LogP contribution is -2.45. The van der Waals surface area contributed by atoms with Gasteiger partial charge < -0.3 is 20.1 Å². The van der Waals surface area contributed by atoms with E-state index in [1.807, 2.05) is 38.1 Å². The Balaban J connectivity index is 1.86. The summed E-state index contributed by atoms with van der Waals surface area (Å²) in [6.45, 7) is 5.06. The third-order valence-corrected chi connectivity index (χ3v) is 3.23. The van der Waals surface area contributed by atoms with Gasteiger partial charge in [0, 0.05) is 12.7 Å². The van der Waals surface area contributed by atoms with Crippen LogP contribution in [0.1, 0.15) is 19.4 Å². The standard InChI is InChI=1S/C15H22N2O3/c1-15(2)19-9-13(10-20-15)17-12-6-4-11(5-7-12)8-14(18)16-3/h4-7,13,17H,8-10H2,1-3H3,(H,16,18). The van der Waals surface area contributed by atoms with Crippen LogP contribution in [0, 0.1) is 0 Å². The Bertz CT molecular complexity index is 447. The summed E-state index contributed by atoms with van der Waals surface area (Å²) in [4.78, 5) is 11.3. The van der Waals surface area contributed by atoms with Gasteiger partial charge >= 0.3 is 0 Å². The molecule has 1 aromatic carbocycles. The molecule has 110 valence electrons. The normalized spacial score (nSPS) is 18.6. The molecule has 0 aliphatic carbocycles. The summed E-state index contributed by atoms with van der Waals surface area (Å²) in [6.07, 6.45) is 0.403. The number of amides is 1. The van der Waals surface area contributed by atoms with Gasteiger partial charge in [-0.2, -0.15) is 0 Å². The Morgan fingerprint density at radius 3 is 2.40 bits per heavy atom. The van der Waals surface area contributed by atoms with E-state index in [-0.39, 0.29) is 11.9 Å². The minimum Gasteiger partial charge on any atom is -0.378 e. The van der Waals surface area contributed by atoms with Crippen molar-refractivity contribution in [2.75, 3.05) is 25.6 Å². The van der Waals surface area contributed by atoms with Crippen molar-refractivity contribution in [1.29, 1.82) is 0 Å². The van der Waals surface area contributed by atoms with Crippen molar-refractivity contribution in [3.05, 3.63) is 29.8 Å². The molecule has 1 heterocycles. The topological polar surface area (TPSA) is 59.6 Å². The molecule has 1 saturated heterocycles. The van der Waals surface area contributed by atoms with E-state index in [1.54, 1.807) is 7.05 Å². The number of anilines is 1. The summed E-state index contributed by atoms with van der Waals surface area (Å²) in [5.74, 6) is -0.475. The van der Waals surface area contributed by atoms with Crippen LogP contribution in [0.15, 0.2) is 24.3 Å². The predicted molar refractivity (Wildman–Crippen MR) is 77.6 cm³/mol. The van der Waals surface area contributed by atoms with Crippen molar-refractivity contribution in [3.63, 3.8) is 0 Å². The van der Waals surface area contributed by atoms with Crippen molar-refractivity contribution < 1.29 is 14.3 Å². The van der Waals surface area contributed by atoms with Gasteiger partial charge in [-0.1, -0.05) is 12.1 Å². The first kappa shape index (κ1) is 14.8. The molecule has 0 spiro atoms. The Kier molecular flexibility index (Phi) is 4.62. The number of benzene rings is 1. The minimum atomic E-state index is -0.491. The van der Waals surface area contributed by atoms with Crippen molar-refractivity contribution in [2.24, 2.45) is 0 Å². The van der Waals surface area contributed by atoms with Crippen molar-refractivity contribution in [1.82, 2.24) is 5.32 Å². The van der Waals surface area contributed by atoms with Crippen molar-refractivity contribution in [3.8, 4) is 0 Å². The molecule has 0 bridgehead atoms. The molecule has 20 heavy (non-hydrogen) atoms. The number of rotatable bonds is 4. The lowest BCUT2D eigenvalue weighted by atomic mass is 10.1. The van der Waals surface area contributed by atoms with Crippen molar-refractivity contribution >= 4 is 11.6 Å². The number of likely N-dealkylation sites (N-methyl/N-ethyl adjacent to an activating group) is 1. The maximum atomic E-state index is 11.3. The summed E-state index contributed by atoms with van der Waals surface area (Å²) in [7, 11) is 1.64. The average molecular weight is 278 g/mol. The quantitative estimate of drug-likeness (QED) is 0.877. The fourth-order valence-corrected chi connectivity index (χ4v) is 2.00. The van der Waals surface area contributed by atoms with Crippen LogP contribution in [0.3, 0.4) is 0 Å². The molecule has 1 fully saturated rings. The van der Waals surface area contributed by atoms with Crippen LogP contribution in [0.4, 0.5) is 5.69 Å². The second-order valence-electron chi connectivity index (χ2n) is 5.41. The maximum Gasteiger partial charge on any atom is 0.224 e. The van der Waals surface area contributed by atoms with Crippen LogP contribution in [0.25, 0.3) is 0 Å². The number of carbonyl (C=O) groups excluding carboxylic acids is 1. The van der Waals surface area contributed by atoms with E-state index in [0.29, 0.717) is 19.6 Å². The van der Waals surface area contributed by atoms with E-state index in [1.165, 1.54) is 0 Å². The molecule has 1 aromatic rings. The number of hydrogen-bond acceptors (Lipinski definition) is 4. The van der Waals surface area contributed by atoms with Gasteiger partial charge in [0.2, 0.25) is 5.91 Å². The molecule has 2 N–H and O–H groups in total. The highest BCUT2D eigenvalue weighted by atomic mass is 16.7. The molecule has 0 unspecified atom stereocenters. The van der Waals surface area contributed by atoms with Crippen LogP contribution in [-0.4, -0.2) is 38.0 Å². The van der Waals surface area contributed by atoms with Gasteiger partial charge in [0.1, 0.15) is 0 Å². The zero-order valence-corrected chi connectivity index (χ0v) is 12.2. The van der Waals surface area contributed by atoms with Crippen LogP contribution >= 0.6 is 0 Å². The second kappa shape index (κ2) is 6.24. The zero-order chi connectivity index (χ0) is 14.6. The summed E-state index contributed by atoms with van der Waals surface area (Å²) in [5, 5.41) is 5.98. The Hall–Kier alpha value is -1.59. The Morgan fingerprint density at radius 1 is 1.25 bits per heavy atom. The van der Waals surface area contributed by atoms with Gasteiger partial charge in [-0.05, 0) is 31.5 Å². The first-order valence-corrected chi connectivity index (χ1v) is 6.82. The van der Waals surface area contributed by atoms with E-state index in [0.717, 1.165) is 11.3 Å². The van der Waals surface area contributed by atoms with Gasteiger partial charge in [0.25, 0.3) is 0 Å². The molecule has 1 amide bonds. The third-order valence-electron chi connectivity index (χ3n) is 3.23. The molecule has 2 rings (SSSR count). The number of ether oxygens (including phenoxy) is 2. The van der Waals surface area contributed by atoms with E-state index in [9.17, 15) is 4.79 Å². The second-order valence-corrected chi connectivity index (χ2v) is 5.41. The van der Waals surface area contributed by atoms with E-state index in [2.05, 4.69) is 10.6 Å². The molecule has 5 nitrogen and oxygen atoms in total. The lowest BCUT2D eigenvalue weighted by molar-refractivity contribution is -0.247. The molecule has 0 atom stereocenters. The van der Waals surface area contributed by atoms with Gasteiger partial charge in [-0.3, -0.25) is 4.79 Å². The van der Waals surface area contributed by atoms with E-state index >= 15 is 0 Å². The molecule has 0 saturated carbocycles. The predicted octanol–water partition coefficient (Wildman–Crippen LogP) is 1.54. The largest absolute Gasteiger partial charge is 0.378 e. The summed E-state index contributed by atoms with van der Waals surface area (Å²) >= 11 is 0. The van der Waals surface area contributed by atoms with Crippen LogP contribution in [0.5, 0.6) is 0 Å². The average Bonchev–Trinajstić information content (AvgIpc) is 2.43. The fraction of sp³-hybridized carbons (Fsp3) is 0.533. The zero-order valence-electron chi connectivity index (χ0n) is 12.2. The molecule has 5 heteroatoms. The smallest absolute Gasteiger partial charge is 0.224 e. The van der Waals surface area contributed by atoms with Gasteiger partial charge in [0.15, 0.2) is 5.79 Å². The highest BCUT2D eigenvalue weighted by molar-refractivity contribution is 5.78. The molecule has 0 aromatic heterocycles. The van der Waals surface area contributed by atoms with Gasteiger partial charge in [0.05, 0.1) is 25.7 Å². The van der Waals surface area contributed by atoms with Crippen LogP contribution in [0.2, 0.25) is 0 Å². The number of hydrogen-bond donors (Lipinski definition) is 2. The van der Waals surface area contributed by atoms with E-state index in [4.69, 9.17) is 9.47 Å². The minimum absolute atomic E-state index is 0.0158. The first-order chi connectivity index (χ1) is 9.48. The van der Waals surface area contributed by atoms with Gasteiger partial charge in [-0.25, -0.2) is 0 Å². The SMILES string of the molecule is CNC(=O)Cc1ccc(NC2COC(C)(C)OC2)cc1. The van der Waals surface area contributed by atoms with Crippen molar-refractivity contribution in [2.45, 2.75) is 32.1 Å². The fourth-order valence-electron chi connectivity index (χ4n) is 2.00. The summed E-state index contributed by atoms with van der Waals surface area (Å²) in [5.41, 5.74) is 2.00. The molecule has 1 aliphatic rings. The molecule has 1 aliphatic heterocycles. The molecule has 0 radical (unpaired) electrons. The first-order valence-electron chi connectivity index (χ1n) is 6.82. The lowest BCUT2D eigenvalue weighted by Gasteiger charge is -2.35. The monoisotopic (exact) mass is 278 g/mol. The molecular formula is C15H22N2O3. The summed E-state index contributed by atoms with van der Waals surface area (Å²) < 4.78 is 11.2. The molecular weight excluding hydrogens is 256 g/mol. The van der Waals surface area contributed by atoms with Crippen LogP contribution in [-0.2, 0) is 20.7 Å².